The van der Waals surface area contributed by atoms with Crippen LogP contribution in [0.3, 0.4) is 0 Å². The molecular formula is C49H76O6. The lowest BCUT2D eigenvalue weighted by Gasteiger charge is -2.18. The summed E-state index contributed by atoms with van der Waals surface area (Å²) >= 11 is 0. The van der Waals surface area contributed by atoms with E-state index in [1.54, 1.807) is 0 Å². The molecule has 55 heavy (non-hydrogen) atoms. The third kappa shape index (κ3) is 41.1. The van der Waals surface area contributed by atoms with Crippen molar-refractivity contribution < 1.29 is 28.6 Å². The molecule has 0 aliphatic heterocycles. The van der Waals surface area contributed by atoms with Crippen LogP contribution >= 0.6 is 0 Å². The monoisotopic (exact) mass is 761 g/mol. The molecule has 0 aliphatic carbocycles. The second-order valence-corrected chi connectivity index (χ2v) is 13.5. The van der Waals surface area contributed by atoms with Crippen LogP contribution in [0.4, 0.5) is 0 Å². The summed E-state index contributed by atoms with van der Waals surface area (Å²) in [6.07, 6.45) is 56.7. The van der Waals surface area contributed by atoms with Crippen molar-refractivity contribution in [3.8, 4) is 0 Å². The lowest BCUT2D eigenvalue weighted by molar-refractivity contribution is -0.166. The molecule has 0 aromatic carbocycles. The number of allylic oxidation sites excluding steroid dienone is 18. The zero-order chi connectivity index (χ0) is 40.1. The fourth-order valence-corrected chi connectivity index (χ4v) is 5.09. The molecular weight excluding hydrogens is 685 g/mol. The molecule has 0 rings (SSSR count). The van der Waals surface area contributed by atoms with Gasteiger partial charge in [0.05, 0.1) is 0 Å². The Bertz CT molecular complexity index is 1200. The third-order valence-electron chi connectivity index (χ3n) is 8.24. The van der Waals surface area contributed by atoms with Gasteiger partial charge in [0.2, 0.25) is 0 Å². The molecule has 0 N–H and O–H groups in total. The van der Waals surface area contributed by atoms with Crippen molar-refractivity contribution in [1.82, 2.24) is 0 Å². The molecule has 308 valence electrons. The second kappa shape index (κ2) is 42.8. The van der Waals surface area contributed by atoms with Gasteiger partial charge in [0.1, 0.15) is 13.2 Å². The zero-order valence-corrected chi connectivity index (χ0v) is 34.9. The van der Waals surface area contributed by atoms with Gasteiger partial charge in [-0.1, -0.05) is 149 Å². The molecule has 1 unspecified atom stereocenters. The summed E-state index contributed by atoms with van der Waals surface area (Å²) in [7, 11) is 0. The van der Waals surface area contributed by atoms with Crippen LogP contribution in [0.1, 0.15) is 162 Å². The minimum atomic E-state index is -0.836. The van der Waals surface area contributed by atoms with Crippen molar-refractivity contribution >= 4 is 17.9 Å². The number of hydrogen-bond acceptors (Lipinski definition) is 6. The normalized spacial score (nSPS) is 13.1. The largest absolute Gasteiger partial charge is 0.462 e. The van der Waals surface area contributed by atoms with Crippen molar-refractivity contribution in [3.05, 3.63) is 109 Å². The lowest BCUT2D eigenvalue weighted by atomic mass is 10.1. The van der Waals surface area contributed by atoms with Crippen LogP contribution < -0.4 is 0 Å². The molecule has 0 aromatic rings. The number of carbonyl (C=O) groups is 3. The van der Waals surface area contributed by atoms with Crippen LogP contribution in [0, 0.1) is 0 Å². The highest BCUT2D eigenvalue weighted by Gasteiger charge is 2.19. The van der Waals surface area contributed by atoms with Gasteiger partial charge in [-0.25, -0.2) is 0 Å². The molecule has 0 radical (unpaired) electrons. The number of hydrogen-bond donors (Lipinski definition) is 0. The van der Waals surface area contributed by atoms with Crippen molar-refractivity contribution in [3.63, 3.8) is 0 Å². The predicted molar refractivity (Wildman–Crippen MR) is 233 cm³/mol. The molecule has 0 spiro atoms. The summed E-state index contributed by atoms with van der Waals surface area (Å²) < 4.78 is 16.5. The van der Waals surface area contributed by atoms with Crippen LogP contribution in [0.25, 0.3) is 0 Å². The maximum absolute atomic E-state index is 12.6. The topological polar surface area (TPSA) is 78.9 Å². The minimum Gasteiger partial charge on any atom is -0.462 e. The van der Waals surface area contributed by atoms with E-state index in [0.717, 1.165) is 77.0 Å². The summed E-state index contributed by atoms with van der Waals surface area (Å²) in [6, 6.07) is 0. The van der Waals surface area contributed by atoms with Gasteiger partial charge < -0.3 is 14.2 Å². The van der Waals surface area contributed by atoms with Gasteiger partial charge in [0.15, 0.2) is 6.10 Å². The predicted octanol–water partition coefficient (Wildman–Crippen LogP) is 13.6. The number of rotatable bonds is 36. The summed E-state index contributed by atoms with van der Waals surface area (Å²) in [5.41, 5.74) is 0. The van der Waals surface area contributed by atoms with E-state index in [4.69, 9.17) is 14.2 Å². The Morgan fingerprint density at radius 3 is 1.09 bits per heavy atom. The van der Waals surface area contributed by atoms with Crippen molar-refractivity contribution in [1.29, 1.82) is 0 Å². The van der Waals surface area contributed by atoms with Crippen LogP contribution in [0.2, 0.25) is 0 Å². The molecule has 0 aromatic heterocycles. The fourth-order valence-electron chi connectivity index (χ4n) is 5.09. The average Bonchev–Trinajstić information content (AvgIpc) is 3.18. The lowest BCUT2D eigenvalue weighted by Crippen LogP contribution is -2.30. The van der Waals surface area contributed by atoms with Gasteiger partial charge >= 0.3 is 17.9 Å². The Morgan fingerprint density at radius 2 is 0.709 bits per heavy atom. The first-order valence-electron chi connectivity index (χ1n) is 21.4. The summed E-state index contributed by atoms with van der Waals surface area (Å²) in [5, 5.41) is 0. The van der Waals surface area contributed by atoms with E-state index >= 15 is 0 Å². The number of unbranched alkanes of at least 4 members (excludes halogenated alkanes) is 7. The minimum absolute atomic E-state index is 0.134. The highest BCUT2D eigenvalue weighted by molar-refractivity contribution is 5.71. The highest BCUT2D eigenvalue weighted by Crippen LogP contribution is 2.09. The van der Waals surface area contributed by atoms with Crippen LogP contribution in [0.5, 0.6) is 0 Å². The fraction of sp³-hybridized carbons (Fsp3) is 0.571. The smallest absolute Gasteiger partial charge is 0.306 e. The molecule has 6 heteroatoms. The zero-order valence-electron chi connectivity index (χ0n) is 34.9. The first-order chi connectivity index (χ1) is 27.0. The summed E-state index contributed by atoms with van der Waals surface area (Å²) in [6.45, 7) is 6.20. The Morgan fingerprint density at radius 1 is 0.382 bits per heavy atom. The van der Waals surface area contributed by atoms with Gasteiger partial charge in [0, 0.05) is 19.3 Å². The van der Waals surface area contributed by atoms with Crippen molar-refractivity contribution in [2.75, 3.05) is 13.2 Å². The molecule has 0 bridgehead atoms. The molecule has 1 atom stereocenters. The second-order valence-electron chi connectivity index (χ2n) is 13.5. The van der Waals surface area contributed by atoms with E-state index in [1.807, 2.05) is 0 Å². The molecule has 6 nitrogen and oxygen atoms in total. The average molecular weight is 761 g/mol. The number of esters is 3. The van der Waals surface area contributed by atoms with Gasteiger partial charge in [-0.05, 0) is 103 Å². The van der Waals surface area contributed by atoms with E-state index in [2.05, 4.69) is 130 Å². The number of carbonyl (C=O) groups excluding carboxylic acids is 3. The van der Waals surface area contributed by atoms with E-state index < -0.39 is 12.1 Å². The molecule has 0 aliphatic rings. The van der Waals surface area contributed by atoms with E-state index in [9.17, 15) is 14.4 Å². The SMILES string of the molecule is CC/C=C\C/C=C\C/C=C\C/C=C\C/C=C\CCCC(=O)OCC(COC(=O)CCC/C=C\CCCCCC)OC(=O)CCC/C=C\C/C=C\C/C=C\CC. The van der Waals surface area contributed by atoms with E-state index in [0.29, 0.717) is 19.3 Å². The van der Waals surface area contributed by atoms with Gasteiger partial charge in [-0.2, -0.15) is 0 Å². The van der Waals surface area contributed by atoms with Gasteiger partial charge in [0.25, 0.3) is 0 Å². The summed E-state index contributed by atoms with van der Waals surface area (Å²) in [4.78, 5) is 37.5. The Labute approximate surface area is 336 Å². The molecule has 0 saturated heterocycles. The first-order valence-corrected chi connectivity index (χ1v) is 21.4. The first kappa shape index (κ1) is 51.1. The quantitative estimate of drug-likeness (QED) is 0.0274. The molecule has 0 fully saturated rings. The van der Waals surface area contributed by atoms with Crippen molar-refractivity contribution in [2.24, 2.45) is 0 Å². The summed E-state index contributed by atoms with van der Waals surface area (Å²) in [5.74, 6) is -1.10. The van der Waals surface area contributed by atoms with Crippen LogP contribution in [-0.2, 0) is 28.6 Å². The third-order valence-corrected chi connectivity index (χ3v) is 8.24. The van der Waals surface area contributed by atoms with Crippen LogP contribution in [0.15, 0.2) is 109 Å². The Hall–Kier alpha value is -3.93. The molecule has 0 saturated carbocycles. The van der Waals surface area contributed by atoms with Gasteiger partial charge in [-0.15, -0.1) is 0 Å². The van der Waals surface area contributed by atoms with E-state index in [1.165, 1.54) is 25.7 Å². The Kier molecular flexibility index (Phi) is 39.7. The molecule has 0 amide bonds. The van der Waals surface area contributed by atoms with Crippen LogP contribution in [-0.4, -0.2) is 37.2 Å². The standard InChI is InChI=1S/C49H76O6/c1-4-7-10-13-16-19-21-22-23-24-25-26-28-30-33-36-39-42-48(51)54-45-46(44-53-47(50)41-38-35-32-29-18-15-12-9-6-3)55-49(52)43-40-37-34-31-27-20-17-14-11-8-5-2/h7-8,10-11,16-17,19-20,22-23,25-26,29-34,46H,4-6,9,12-15,18,21,24,27-28,35-45H2,1-3H3/b10-7-,11-8-,19-16-,20-17-,23-22-,26-25-,32-29-,33-30-,34-31-. The number of ether oxygens (including phenoxy) is 3. The maximum atomic E-state index is 12.6. The molecule has 0 heterocycles. The highest BCUT2D eigenvalue weighted by atomic mass is 16.6. The van der Waals surface area contributed by atoms with E-state index in [-0.39, 0.29) is 44.4 Å². The van der Waals surface area contributed by atoms with Gasteiger partial charge in [-0.3, -0.25) is 14.4 Å². The van der Waals surface area contributed by atoms with Crippen molar-refractivity contribution in [2.45, 2.75) is 168 Å². The Balaban J connectivity index is 4.56. The maximum Gasteiger partial charge on any atom is 0.306 e.